The monoisotopic (exact) mass is 257 g/mol. The van der Waals surface area contributed by atoms with Crippen molar-refractivity contribution in [2.45, 2.75) is 26.8 Å². The fraction of sp³-hybridized carbons (Fsp3) is 0.556. The number of hydrogen-bond acceptors (Lipinski definition) is 6. The van der Waals surface area contributed by atoms with Crippen LogP contribution in [-0.2, 0) is 0 Å². The molecule has 7 nitrogen and oxygen atoms in total. The minimum absolute atomic E-state index is 0.0102. The summed E-state index contributed by atoms with van der Waals surface area (Å²) in [4.78, 5) is 12.3. The zero-order valence-corrected chi connectivity index (χ0v) is 10.7. The van der Waals surface area contributed by atoms with Crippen molar-refractivity contribution >= 4 is 23.3 Å². The van der Waals surface area contributed by atoms with Gasteiger partial charge in [0.1, 0.15) is 4.88 Å². The molecule has 0 aliphatic heterocycles. The van der Waals surface area contributed by atoms with Crippen molar-refractivity contribution in [1.82, 2.24) is 14.9 Å². The van der Waals surface area contributed by atoms with Gasteiger partial charge >= 0.3 is 0 Å². The van der Waals surface area contributed by atoms with Crippen LogP contribution in [0.4, 0.5) is 0 Å². The van der Waals surface area contributed by atoms with Crippen LogP contribution in [0.3, 0.4) is 0 Å². The highest BCUT2D eigenvalue weighted by Gasteiger charge is 2.23. The molecule has 8 heteroatoms. The number of amides is 1. The van der Waals surface area contributed by atoms with Crippen molar-refractivity contribution in [3.63, 3.8) is 0 Å². The zero-order valence-electron chi connectivity index (χ0n) is 9.84. The Balaban J connectivity index is 2.82. The molecule has 0 radical (unpaired) electrons. The fourth-order valence-electron chi connectivity index (χ4n) is 1.29. The van der Waals surface area contributed by atoms with Crippen molar-refractivity contribution < 1.29 is 10.0 Å². The summed E-state index contributed by atoms with van der Waals surface area (Å²) in [6.45, 7) is 5.42. The Morgan fingerprint density at radius 2 is 2.24 bits per heavy atom. The smallest absolute Gasteiger partial charge is 0.265 e. The average Bonchev–Trinajstić information content (AvgIpc) is 2.70. The molecule has 0 aromatic carbocycles. The second kappa shape index (κ2) is 5.58. The number of aryl methyl sites for hydroxylation is 1. The van der Waals surface area contributed by atoms with Crippen LogP contribution < -0.4 is 11.1 Å². The number of aromatic nitrogens is 2. The standard InChI is InChI=1S/C9H15N5O2S/c1-4(2)6(8(10)13-16)11-9(15)7-5(3)12-14-17-7/h4,6,16H,1-3H3,(H2,10,13)(H,11,15). The SMILES string of the molecule is Cc1nnsc1C(=O)NC(C(N)=NO)C(C)C. The third-order valence-corrected chi connectivity index (χ3v) is 3.07. The molecular formula is C9H15N5O2S. The summed E-state index contributed by atoms with van der Waals surface area (Å²) >= 11 is 1.01. The first-order valence-corrected chi connectivity index (χ1v) is 5.82. The van der Waals surface area contributed by atoms with Crippen LogP contribution >= 0.6 is 11.5 Å². The fourth-order valence-corrected chi connectivity index (χ4v) is 1.85. The zero-order chi connectivity index (χ0) is 13.0. The molecule has 1 heterocycles. The quantitative estimate of drug-likeness (QED) is 0.311. The normalized spacial score (nSPS) is 13.8. The predicted octanol–water partition coefficient (Wildman–Crippen LogP) is 0.347. The van der Waals surface area contributed by atoms with Crippen molar-refractivity contribution in [3.8, 4) is 0 Å². The van der Waals surface area contributed by atoms with Crippen LogP contribution in [0.1, 0.15) is 29.2 Å². The third-order valence-electron chi connectivity index (χ3n) is 2.25. The summed E-state index contributed by atoms with van der Waals surface area (Å²) in [6, 6.07) is -0.519. The molecule has 0 fully saturated rings. The van der Waals surface area contributed by atoms with Gasteiger partial charge in [-0.25, -0.2) is 0 Å². The van der Waals surface area contributed by atoms with Crippen molar-refractivity contribution in [3.05, 3.63) is 10.6 Å². The maximum atomic E-state index is 11.9. The molecule has 1 amide bonds. The van der Waals surface area contributed by atoms with Gasteiger partial charge in [-0.05, 0) is 24.4 Å². The number of oxime groups is 1. The van der Waals surface area contributed by atoms with Crippen LogP contribution in [0.25, 0.3) is 0 Å². The van der Waals surface area contributed by atoms with Gasteiger partial charge in [0.15, 0.2) is 5.84 Å². The van der Waals surface area contributed by atoms with E-state index in [0.717, 1.165) is 11.5 Å². The molecule has 17 heavy (non-hydrogen) atoms. The summed E-state index contributed by atoms with van der Waals surface area (Å²) in [6.07, 6.45) is 0. The van der Waals surface area contributed by atoms with E-state index in [1.54, 1.807) is 6.92 Å². The number of carbonyl (C=O) groups is 1. The van der Waals surface area contributed by atoms with Gasteiger partial charge in [0, 0.05) is 0 Å². The second-order valence-corrected chi connectivity index (χ2v) is 4.66. The molecular weight excluding hydrogens is 242 g/mol. The average molecular weight is 257 g/mol. The van der Waals surface area contributed by atoms with Gasteiger partial charge in [-0.15, -0.1) is 5.10 Å². The lowest BCUT2D eigenvalue weighted by molar-refractivity contribution is 0.0942. The molecule has 0 saturated carbocycles. The Kier molecular flexibility index (Phi) is 4.38. The molecule has 1 rings (SSSR count). The van der Waals surface area contributed by atoms with Crippen molar-refractivity contribution in [2.75, 3.05) is 0 Å². The van der Waals surface area contributed by atoms with Gasteiger partial charge in [-0.2, -0.15) is 0 Å². The number of amidine groups is 1. The highest BCUT2D eigenvalue weighted by atomic mass is 32.1. The van der Waals surface area contributed by atoms with Gasteiger partial charge < -0.3 is 16.3 Å². The molecule has 0 bridgehead atoms. The molecule has 94 valence electrons. The Bertz CT molecular complexity index is 429. The Hall–Kier alpha value is -1.70. The van der Waals surface area contributed by atoms with E-state index in [9.17, 15) is 4.79 Å². The number of carbonyl (C=O) groups excluding carboxylic acids is 1. The topological polar surface area (TPSA) is 113 Å². The lowest BCUT2D eigenvalue weighted by atomic mass is 10.0. The lowest BCUT2D eigenvalue weighted by Gasteiger charge is -2.20. The summed E-state index contributed by atoms with van der Waals surface area (Å²) < 4.78 is 3.68. The largest absolute Gasteiger partial charge is 0.409 e. The van der Waals surface area contributed by atoms with E-state index in [1.807, 2.05) is 13.8 Å². The summed E-state index contributed by atoms with van der Waals surface area (Å²) in [7, 11) is 0. The van der Waals surface area contributed by atoms with Gasteiger partial charge in [-0.1, -0.05) is 23.5 Å². The minimum atomic E-state index is -0.519. The first kappa shape index (κ1) is 13.4. The van der Waals surface area contributed by atoms with Crippen LogP contribution in [0.2, 0.25) is 0 Å². The Morgan fingerprint density at radius 1 is 1.59 bits per heavy atom. The van der Waals surface area contributed by atoms with Gasteiger partial charge in [0.05, 0.1) is 11.7 Å². The highest BCUT2D eigenvalue weighted by Crippen LogP contribution is 2.10. The van der Waals surface area contributed by atoms with E-state index in [0.29, 0.717) is 10.6 Å². The number of nitrogens with one attached hydrogen (secondary N) is 1. The van der Waals surface area contributed by atoms with E-state index in [2.05, 4.69) is 20.1 Å². The first-order valence-electron chi connectivity index (χ1n) is 5.04. The minimum Gasteiger partial charge on any atom is -0.409 e. The molecule has 1 unspecified atom stereocenters. The van der Waals surface area contributed by atoms with Crippen molar-refractivity contribution in [1.29, 1.82) is 0 Å². The second-order valence-electron chi connectivity index (χ2n) is 3.91. The van der Waals surface area contributed by atoms with Crippen molar-refractivity contribution in [2.24, 2.45) is 16.8 Å². The van der Waals surface area contributed by atoms with Crippen LogP contribution in [0.5, 0.6) is 0 Å². The van der Waals surface area contributed by atoms with E-state index < -0.39 is 6.04 Å². The van der Waals surface area contributed by atoms with Gasteiger partial charge in [-0.3, -0.25) is 4.79 Å². The molecule has 0 saturated heterocycles. The molecule has 0 aliphatic rings. The number of rotatable bonds is 4. The Labute approximate surface area is 103 Å². The Morgan fingerprint density at radius 3 is 2.65 bits per heavy atom. The molecule has 1 aromatic heterocycles. The molecule has 1 aromatic rings. The van der Waals surface area contributed by atoms with Gasteiger partial charge in [0.2, 0.25) is 0 Å². The first-order chi connectivity index (χ1) is 7.97. The van der Waals surface area contributed by atoms with Gasteiger partial charge in [0.25, 0.3) is 5.91 Å². The third kappa shape index (κ3) is 3.13. The molecule has 4 N–H and O–H groups in total. The van der Waals surface area contributed by atoms with E-state index in [4.69, 9.17) is 10.9 Å². The van der Waals surface area contributed by atoms with Crippen LogP contribution in [-0.4, -0.2) is 32.6 Å². The number of nitrogens with two attached hydrogens (primary N) is 1. The van der Waals surface area contributed by atoms with E-state index in [1.165, 1.54) is 0 Å². The van der Waals surface area contributed by atoms with Crippen LogP contribution in [0, 0.1) is 12.8 Å². The molecule has 0 aliphatic carbocycles. The molecule has 1 atom stereocenters. The summed E-state index contributed by atoms with van der Waals surface area (Å²) in [5, 5.41) is 18.0. The highest BCUT2D eigenvalue weighted by molar-refractivity contribution is 7.08. The number of hydrogen-bond donors (Lipinski definition) is 3. The molecule has 0 spiro atoms. The summed E-state index contributed by atoms with van der Waals surface area (Å²) in [5.41, 5.74) is 6.08. The van der Waals surface area contributed by atoms with E-state index in [-0.39, 0.29) is 17.7 Å². The van der Waals surface area contributed by atoms with Crippen LogP contribution in [0.15, 0.2) is 5.16 Å². The maximum Gasteiger partial charge on any atom is 0.265 e. The predicted molar refractivity (Wildman–Crippen MR) is 64.1 cm³/mol. The summed E-state index contributed by atoms with van der Waals surface area (Å²) in [5.74, 6) is -0.331. The maximum absolute atomic E-state index is 11.9. The number of nitrogens with zero attached hydrogens (tertiary/aromatic N) is 3. The van der Waals surface area contributed by atoms with E-state index >= 15 is 0 Å². The lowest BCUT2D eigenvalue weighted by Crippen LogP contribution is -2.47.